The number of rotatable bonds is 2. The second kappa shape index (κ2) is 4.37. The Morgan fingerprint density at radius 1 is 1.83 bits per heavy atom. The average Bonchev–Trinajstić information content (AvgIpc) is 2.52. The number of ether oxygens (including phenoxy) is 1. The van der Waals surface area contributed by atoms with Crippen molar-refractivity contribution in [3.63, 3.8) is 0 Å². The fourth-order valence-corrected chi connectivity index (χ4v) is 1.78. The highest BCUT2D eigenvalue weighted by Crippen LogP contribution is 2.15. The Balaban J connectivity index is 2.84. The van der Waals surface area contributed by atoms with Gasteiger partial charge in [0.2, 0.25) is 0 Å². The van der Waals surface area contributed by atoms with Gasteiger partial charge >= 0.3 is 5.97 Å². The third kappa shape index (κ3) is 2.15. The number of carbonyl (C=O) groups is 1. The summed E-state index contributed by atoms with van der Waals surface area (Å²) < 4.78 is 4.52. The van der Waals surface area contributed by atoms with E-state index in [0.717, 1.165) is 5.01 Å². The van der Waals surface area contributed by atoms with E-state index in [-0.39, 0.29) is 5.97 Å². The molecule has 0 amide bonds. The van der Waals surface area contributed by atoms with Crippen LogP contribution >= 0.6 is 27.3 Å². The Morgan fingerprint density at radius 3 is 3.17 bits per heavy atom. The minimum absolute atomic E-state index is 0.346. The van der Waals surface area contributed by atoms with Gasteiger partial charge in [-0.3, -0.25) is 0 Å². The van der Waals surface area contributed by atoms with Crippen molar-refractivity contribution in [2.24, 2.45) is 0 Å². The molecule has 5 heteroatoms. The summed E-state index contributed by atoms with van der Waals surface area (Å²) in [5, 5.41) is 0.771. The number of thiazole rings is 1. The lowest BCUT2D eigenvalue weighted by Gasteiger charge is -1.89. The Labute approximate surface area is 82.2 Å². The summed E-state index contributed by atoms with van der Waals surface area (Å²) >= 11 is 4.41. The fourth-order valence-electron chi connectivity index (χ4n) is 0.614. The van der Waals surface area contributed by atoms with Crippen LogP contribution in [0.2, 0.25) is 0 Å². The lowest BCUT2D eigenvalue weighted by molar-refractivity contribution is 0.0606. The third-order valence-corrected chi connectivity index (χ3v) is 2.32. The van der Waals surface area contributed by atoms with Crippen LogP contribution in [0.3, 0.4) is 0 Å². The lowest BCUT2D eigenvalue weighted by atomic mass is 10.6. The number of hydrogen-bond acceptors (Lipinski definition) is 4. The SMILES string of the molecule is COC(=O)c1cnc(/C=C/Br)s1. The molecule has 0 bridgehead atoms. The quantitative estimate of drug-likeness (QED) is 0.754. The Kier molecular flexibility index (Phi) is 3.43. The molecule has 0 atom stereocenters. The Hall–Kier alpha value is -0.680. The zero-order chi connectivity index (χ0) is 8.97. The molecule has 0 spiro atoms. The van der Waals surface area contributed by atoms with E-state index in [1.807, 2.05) is 0 Å². The average molecular weight is 248 g/mol. The molecule has 12 heavy (non-hydrogen) atoms. The van der Waals surface area contributed by atoms with E-state index >= 15 is 0 Å². The van der Waals surface area contributed by atoms with Crippen molar-refractivity contribution in [2.75, 3.05) is 7.11 Å². The minimum atomic E-state index is -0.346. The van der Waals surface area contributed by atoms with E-state index in [9.17, 15) is 4.79 Å². The third-order valence-electron chi connectivity index (χ3n) is 1.12. The lowest BCUT2D eigenvalue weighted by Crippen LogP contribution is -1.96. The van der Waals surface area contributed by atoms with Crippen molar-refractivity contribution in [1.82, 2.24) is 4.98 Å². The first-order valence-electron chi connectivity index (χ1n) is 3.09. The molecule has 0 aliphatic carbocycles. The van der Waals surface area contributed by atoms with Gasteiger partial charge in [-0.05, 0) is 11.1 Å². The summed E-state index contributed by atoms with van der Waals surface area (Å²) in [5.41, 5.74) is 0. The van der Waals surface area contributed by atoms with E-state index in [1.165, 1.54) is 24.6 Å². The Morgan fingerprint density at radius 2 is 2.58 bits per heavy atom. The molecule has 0 saturated heterocycles. The van der Waals surface area contributed by atoms with Gasteiger partial charge in [0.25, 0.3) is 0 Å². The topological polar surface area (TPSA) is 39.2 Å². The summed E-state index contributed by atoms with van der Waals surface area (Å²) in [7, 11) is 1.35. The molecule has 64 valence electrons. The van der Waals surface area contributed by atoms with Crippen LogP contribution in [0.4, 0.5) is 0 Å². The summed E-state index contributed by atoms with van der Waals surface area (Å²) in [6.07, 6.45) is 3.26. The van der Waals surface area contributed by atoms with Crippen LogP contribution in [-0.2, 0) is 4.74 Å². The molecule has 0 N–H and O–H groups in total. The molecule has 0 fully saturated rings. The molecule has 0 aliphatic heterocycles. The molecule has 0 aromatic carbocycles. The highest BCUT2D eigenvalue weighted by atomic mass is 79.9. The second-order valence-electron chi connectivity index (χ2n) is 1.85. The van der Waals surface area contributed by atoms with Crippen molar-refractivity contribution < 1.29 is 9.53 Å². The summed E-state index contributed by atoms with van der Waals surface area (Å²) in [6.45, 7) is 0. The molecule has 0 unspecified atom stereocenters. The van der Waals surface area contributed by atoms with Gasteiger partial charge in [0.15, 0.2) is 0 Å². The molecule has 0 saturated carbocycles. The second-order valence-corrected chi connectivity index (χ2v) is 3.44. The normalized spacial score (nSPS) is 10.5. The van der Waals surface area contributed by atoms with Gasteiger partial charge in [-0.15, -0.1) is 11.3 Å². The van der Waals surface area contributed by atoms with Gasteiger partial charge < -0.3 is 4.74 Å². The predicted molar refractivity (Wildman–Crippen MR) is 51.4 cm³/mol. The molecule has 0 aliphatic rings. The molecule has 1 heterocycles. The van der Waals surface area contributed by atoms with Gasteiger partial charge in [-0.25, -0.2) is 9.78 Å². The summed E-state index contributed by atoms with van der Waals surface area (Å²) in [5.74, 6) is -0.346. The molecule has 1 rings (SSSR count). The highest BCUT2D eigenvalue weighted by molar-refractivity contribution is 9.11. The van der Waals surface area contributed by atoms with Gasteiger partial charge in [-0.2, -0.15) is 0 Å². The maximum atomic E-state index is 10.9. The smallest absolute Gasteiger partial charge is 0.349 e. The minimum Gasteiger partial charge on any atom is -0.465 e. The zero-order valence-corrected chi connectivity index (χ0v) is 8.68. The maximum Gasteiger partial charge on any atom is 0.349 e. The standard InChI is InChI=1S/C7H6BrNO2S/c1-11-7(10)5-4-9-6(12-5)2-3-8/h2-4H,1H3/b3-2+. The van der Waals surface area contributed by atoms with Crippen molar-refractivity contribution in [2.45, 2.75) is 0 Å². The largest absolute Gasteiger partial charge is 0.465 e. The number of esters is 1. The van der Waals surface area contributed by atoms with Crippen LogP contribution in [0.1, 0.15) is 14.7 Å². The van der Waals surface area contributed by atoms with E-state index in [0.29, 0.717) is 4.88 Å². The fraction of sp³-hybridized carbons (Fsp3) is 0.143. The number of carbonyl (C=O) groups excluding carboxylic acids is 1. The Bertz CT molecular complexity index is 308. The summed E-state index contributed by atoms with van der Waals surface area (Å²) in [4.78, 5) is 17.1. The van der Waals surface area contributed by atoms with Crippen LogP contribution in [0, 0.1) is 0 Å². The van der Waals surface area contributed by atoms with Crippen LogP contribution < -0.4 is 0 Å². The zero-order valence-electron chi connectivity index (χ0n) is 6.28. The van der Waals surface area contributed by atoms with Crippen molar-refractivity contribution in [1.29, 1.82) is 0 Å². The van der Waals surface area contributed by atoms with E-state index in [2.05, 4.69) is 25.7 Å². The highest BCUT2D eigenvalue weighted by Gasteiger charge is 2.08. The first-order valence-corrected chi connectivity index (χ1v) is 4.82. The van der Waals surface area contributed by atoms with Gasteiger partial charge in [0.05, 0.1) is 13.3 Å². The maximum absolute atomic E-state index is 10.9. The molecular formula is C7H6BrNO2S. The number of hydrogen-bond donors (Lipinski definition) is 0. The molecule has 1 aromatic rings. The first kappa shape index (κ1) is 9.41. The van der Waals surface area contributed by atoms with Crippen molar-refractivity contribution in [3.8, 4) is 0 Å². The van der Waals surface area contributed by atoms with Gasteiger partial charge in [0, 0.05) is 0 Å². The van der Waals surface area contributed by atoms with E-state index in [1.54, 1.807) is 11.1 Å². The van der Waals surface area contributed by atoms with Crippen LogP contribution in [0.5, 0.6) is 0 Å². The predicted octanol–water partition coefficient (Wildman–Crippen LogP) is 2.30. The molecule has 0 radical (unpaired) electrons. The van der Waals surface area contributed by atoms with Gasteiger partial charge in [-0.1, -0.05) is 15.9 Å². The summed E-state index contributed by atoms with van der Waals surface area (Å²) in [6, 6.07) is 0. The monoisotopic (exact) mass is 247 g/mol. The number of methoxy groups -OCH3 is 1. The first-order chi connectivity index (χ1) is 5.77. The van der Waals surface area contributed by atoms with Crippen molar-refractivity contribution >= 4 is 39.3 Å². The molecular weight excluding hydrogens is 242 g/mol. The number of aromatic nitrogens is 1. The van der Waals surface area contributed by atoms with Crippen LogP contribution in [0.25, 0.3) is 6.08 Å². The van der Waals surface area contributed by atoms with Crippen LogP contribution in [-0.4, -0.2) is 18.1 Å². The van der Waals surface area contributed by atoms with Crippen molar-refractivity contribution in [3.05, 3.63) is 21.1 Å². The number of nitrogens with zero attached hydrogens (tertiary/aromatic N) is 1. The van der Waals surface area contributed by atoms with E-state index in [4.69, 9.17) is 0 Å². The van der Waals surface area contributed by atoms with Gasteiger partial charge in [0.1, 0.15) is 9.88 Å². The molecule has 3 nitrogen and oxygen atoms in total. The number of halogens is 1. The van der Waals surface area contributed by atoms with Crippen LogP contribution in [0.15, 0.2) is 11.2 Å². The molecule has 1 aromatic heterocycles. The van der Waals surface area contributed by atoms with E-state index < -0.39 is 0 Å².